The molecule has 6 heteroatoms. The van der Waals surface area contributed by atoms with E-state index in [1.165, 1.54) is 12.1 Å². The first kappa shape index (κ1) is 23.1. The molecule has 0 spiro atoms. The molecule has 0 aliphatic heterocycles. The second kappa shape index (κ2) is 8.64. The molecule has 0 bridgehead atoms. The lowest BCUT2D eigenvalue weighted by Gasteiger charge is -2.04. The van der Waals surface area contributed by atoms with Crippen LogP contribution in [0.4, 0.5) is 0 Å². The quantitative estimate of drug-likeness (QED) is 0.177. The molecule has 0 saturated carbocycles. The standard InChI is InChI=1S/C30H18O6.C2H4/c31-19-5-17(6-20(32)11-19)15-1-3-23-25-13-30-26(14-29(25)35-27(23)9-15)24-4-2-16(10-28(24)36-30)18-7-21(33)12-22(34)8-18;1-2/h1-14,31-34H;1-2H2. The van der Waals surface area contributed by atoms with Crippen LogP contribution >= 0.6 is 0 Å². The molecular formula is C32H22O6. The number of fused-ring (bicyclic) bond motifs is 6. The number of phenolic OH excluding ortho intramolecular Hbond substituents is 4. The molecule has 7 aromatic rings. The van der Waals surface area contributed by atoms with Crippen LogP contribution in [-0.4, -0.2) is 20.4 Å². The van der Waals surface area contributed by atoms with Gasteiger partial charge in [0.1, 0.15) is 45.3 Å². The second-order valence-electron chi connectivity index (χ2n) is 8.95. The minimum absolute atomic E-state index is 0.00836. The summed E-state index contributed by atoms with van der Waals surface area (Å²) in [4.78, 5) is 0. The van der Waals surface area contributed by atoms with Gasteiger partial charge in [-0.2, -0.15) is 0 Å². The first-order valence-corrected chi connectivity index (χ1v) is 11.8. The minimum atomic E-state index is -0.00836. The van der Waals surface area contributed by atoms with E-state index < -0.39 is 0 Å². The van der Waals surface area contributed by atoms with Crippen LogP contribution in [0, 0.1) is 0 Å². The van der Waals surface area contributed by atoms with Crippen molar-refractivity contribution in [3.63, 3.8) is 0 Å². The average molecular weight is 503 g/mol. The Bertz CT molecular complexity index is 1820. The SMILES string of the molecule is C=C.Oc1cc(O)cc(-c2ccc3c(c2)oc2cc4c(cc23)oc2cc(-c3cc(O)cc(O)c3)ccc24)c1. The van der Waals surface area contributed by atoms with Crippen molar-refractivity contribution in [3.8, 4) is 45.3 Å². The van der Waals surface area contributed by atoms with Crippen LogP contribution in [0.25, 0.3) is 66.1 Å². The Labute approximate surface area is 216 Å². The summed E-state index contributed by atoms with van der Waals surface area (Å²) in [5, 5.41) is 43.1. The monoisotopic (exact) mass is 502 g/mol. The van der Waals surface area contributed by atoms with Gasteiger partial charge in [-0.05, 0) is 82.9 Å². The molecule has 5 aromatic carbocycles. The Hall–Kier alpha value is -5.36. The van der Waals surface area contributed by atoms with E-state index in [2.05, 4.69) is 13.2 Å². The van der Waals surface area contributed by atoms with E-state index in [-0.39, 0.29) is 23.0 Å². The van der Waals surface area contributed by atoms with Crippen molar-refractivity contribution in [2.45, 2.75) is 0 Å². The third-order valence-corrected chi connectivity index (χ3v) is 6.54. The summed E-state index contributed by atoms with van der Waals surface area (Å²) in [6.45, 7) is 6.00. The fourth-order valence-electron chi connectivity index (χ4n) is 4.93. The van der Waals surface area contributed by atoms with E-state index in [0.717, 1.165) is 43.8 Å². The van der Waals surface area contributed by atoms with Gasteiger partial charge >= 0.3 is 0 Å². The van der Waals surface area contributed by atoms with E-state index >= 15 is 0 Å². The van der Waals surface area contributed by atoms with Gasteiger partial charge in [0, 0.05) is 33.7 Å². The van der Waals surface area contributed by atoms with Crippen LogP contribution in [0.15, 0.2) is 107 Å². The number of phenols is 4. The van der Waals surface area contributed by atoms with Crippen LogP contribution < -0.4 is 0 Å². The van der Waals surface area contributed by atoms with Gasteiger partial charge in [0.15, 0.2) is 0 Å². The van der Waals surface area contributed by atoms with Crippen molar-refractivity contribution in [1.29, 1.82) is 0 Å². The van der Waals surface area contributed by atoms with Crippen LogP contribution in [0.3, 0.4) is 0 Å². The van der Waals surface area contributed by atoms with Gasteiger partial charge in [0.05, 0.1) is 0 Å². The molecular weight excluding hydrogens is 480 g/mol. The van der Waals surface area contributed by atoms with E-state index in [1.807, 2.05) is 48.5 Å². The van der Waals surface area contributed by atoms with E-state index in [4.69, 9.17) is 8.83 Å². The van der Waals surface area contributed by atoms with Crippen molar-refractivity contribution < 1.29 is 29.3 Å². The molecule has 0 saturated heterocycles. The zero-order valence-corrected chi connectivity index (χ0v) is 20.1. The number of hydrogen-bond acceptors (Lipinski definition) is 6. The maximum Gasteiger partial charge on any atom is 0.136 e. The highest BCUT2D eigenvalue weighted by Gasteiger charge is 2.15. The first-order chi connectivity index (χ1) is 18.4. The van der Waals surface area contributed by atoms with Gasteiger partial charge < -0.3 is 29.3 Å². The highest BCUT2D eigenvalue weighted by Crippen LogP contribution is 2.40. The van der Waals surface area contributed by atoms with E-state index in [0.29, 0.717) is 22.3 Å². The Morgan fingerprint density at radius 2 is 0.711 bits per heavy atom. The molecule has 38 heavy (non-hydrogen) atoms. The number of aromatic hydroxyl groups is 4. The van der Waals surface area contributed by atoms with Gasteiger partial charge in [0.25, 0.3) is 0 Å². The van der Waals surface area contributed by atoms with Crippen LogP contribution in [0.5, 0.6) is 23.0 Å². The number of benzene rings is 5. The lowest BCUT2D eigenvalue weighted by molar-refractivity contribution is 0.450. The maximum atomic E-state index is 9.84. The smallest absolute Gasteiger partial charge is 0.136 e. The van der Waals surface area contributed by atoms with Crippen molar-refractivity contribution in [2.24, 2.45) is 0 Å². The highest BCUT2D eigenvalue weighted by atomic mass is 16.3. The molecule has 186 valence electrons. The molecule has 0 unspecified atom stereocenters. The Balaban J connectivity index is 0.00000129. The van der Waals surface area contributed by atoms with E-state index in [9.17, 15) is 20.4 Å². The van der Waals surface area contributed by atoms with Crippen molar-refractivity contribution in [2.75, 3.05) is 0 Å². The molecule has 6 nitrogen and oxygen atoms in total. The molecule has 0 radical (unpaired) electrons. The fraction of sp³-hybridized carbons (Fsp3) is 0. The van der Waals surface area contributed by atoms with Gasteiger partial charge in [0.2, 0.25) is 0 Å². The lowest BCUT2D eigenvalue weighted by Crippen LogP contribution is -1.78. The van der Waals surface area contributed by atoms with Gasteiger partial charge in [-0.25, -0.2) is 0 Å². The highest BCUT2D eigenvalue weighted by molar-refractivity contribution is 6.15. The summed E-state index contributed by atoms with van der Waals surface area (Å²) in [5.41, 5.74) is 5.81. The van der Waals surface area contributed by atoms with Crippen LogP contribution in [0.1, 0.15) is 0 Å². The molecule has 0 aliphatic carbocycles. The summed E-state index contributed by atoms with van der Waals surface area (Å²) in [5.74, 6) is -0.0335. The third kappa shape index (κ3) is 3.76. The van der Waals surface area contributed by atoms with Crippen LogP contribution in [0.2, 0.25) is 0 Å². The maximum absolute atomic E-state index is 9.84. The number of hydrogen-bond donors (Lipinski definition) is 4. The largest absolute Gasteiger partial charge is 0.508 e. The van der Waals surface area contributed by atoms with E-state index in [1.54, 1.807) is 24.3 Å². The average Bonchev–Trinajstić information content (AvgIpc) is 3.43. The minimum Gasteiger partial charge on any atom is -0.508 e. The number of rotatable bonds is 2. The van der Waals surface area contributed by atoms with Gasteiger partial charge in [-0.1, -0.05) is 12.1 Å². The van der Waals surface area contributed by atoms with Gasteiger partial charge in [-0.3, -0.25) is 0 Å². The molecule has 0 aliphatic rings. The molecule has 0 amide bonds. The van der Waals surface area contributed by atoms with Crippen molar-refractivity contribution in [3.05, 3.63) is 98.1 Å². The topological polar surface area (TPSA) is 107 Å². The predicted octanol–water partition coefficient (Wildman–Crippen LogP) is 8.44. The van der Waals surface area contributed by atoms with Crippen molar-refractivity contribution in [1.82, 2.24) is 0 Å². The normalized spacial score (nSPS) is 11.3. The fourth-order valence-corrected chi connectivity index (χ4v) is 4.93. The molecule has 7 rings (SSSR count). The zero-order valence-electron chi connectivity index (χ0n) is 20.1. The Morgan fingerprint density at radius 3 is 1.08 bits per heavy atom. The second-order valence-corrected chi connectivity index (χ2v) is 8.95. The summed E-state index contributed by atoms with van der Waals surface area (Å²) in [6, 6.07) is 24.4. The number of furan rings is 2. The molecule has 2 aromatic heterocycles. The summed E-state index contributed by atoms with van der Waals surface area (Å²) >= 11 is 0. The first-order valence-electron chi connectivity index (χ1n) is 11.8. The predicted molar refractivity (Wildman–Crippen MR) is 150 cm³/mol. The van der Waals surface area contributed by atoms with Gasteiger partial charge in [-0.15, -0.1) is 13.2 Å². The molecule has 0 fully saturated rings. The Morgan fingerprint density at radius 1 is 0.368 bits per heavy atom. The zero-order chi connectivity index (χ0) is 26.6. The Kier molecular flexibility index (Phi) is 5.24. The van der Waals surface area contributed by atoms with Crippen LogP contribution in [-0.2, 0) is 0 Å². The molecule has 2 heterocycles. The third-order valence-electron chi connectivity index (χ3n) is 6.54. The summed E-state index contributed by atoms with van der Waals surface area (Å²) in [6.07, 6.45) is 0. The molecule has 4 N–H and O–H groups in total. The lowest BCUT2D eigenvalue weighted by atomic mass is 10.0. The molecule has 0 atom stereocenters. The summed E-state index contributed by atoms with van der Waals surface area (Å²) < 4.78 is 12.4. The summed E-state index contributed by atoms with van der Waals surface area (Å²) in [7, 11) is 0. The van der Waals surface area contributed by atoms with Crippen molar-refractivity contribution >= 4 is 43.9 Å².